The maximum absolute atomic E-state index is 5.83. The summed E-state index contributed by atoms with van der Waals surface area (Å²) in [5.41, 5.74) is 2.86. The summed E-state index contributed by atoms with van der Waals surface area (Å²) in [5, 5.41) is 3.40. The van der Waals surface area contributed by atoms with Gasteiger partial charge in [0.05, 0.1) is 12.7 Å². The molecule has 2 bridgehead atoms. The molecule has 5 rings (SSSR count). The molecule has 0 radical (unpaired) electrons. The van der Waals surface area contributed by atoms with Gasteiger partial charge in [0.2, 0.25) is 0 Å². The number of piperidine rings is 3. The second-order valence-corrected chi connectivity index (χ2v) is 6.47. The molecule has 3 heteroatoms. The molecule has 4 fully saturated rings. The van der Waals surface area contributed by atoms with Crippen molar-refractivity contribution >= 4 is 0 Å². The molecule has 1 aromatic rings. The maximum Gasteiger partial charge on any atom is 0.0949 e. The van der Waals surface area contributed by atoms with Crippen LogP contribution in [-0.2, 0) is 4.74 Å². The summed E-state index contributed by atoms with van der Waals surface area (Å²) in [7, 11) is 0. The lowest BCUT2D eigenvalue weighted by Crippen LogP contribution is -2.46. The summed E-state index contributed by atoms with van der Waals surface area (Å²) < 4.78 is 5.83. The van der Waals surface area contributed by atoms with Gasteiger partial charge in [0, 0.05) is 19.6 Å². The van der Waals surface area contributed by atoms with Crippen LogP contribution in [0.4, 0.5) is 0 Å². The van der Waals surface area contributed by atoms with Gasteiger partial charge < -0.3 is 15.0 Å². The second kappa shape index (κ2) is 5.47. The third kappa shape index (κ3) is 2.39. The predicted octanol–water partition coefficient (Wildman–Crippen LogP) is 2.16. The van der Waals surface area contributed by atoms with Crippen molar-refractivity contribution in [1.29, 1.82) is 0 Å². The summed E-state index contributed by atoms with van der Waals surface area (Å²) in [5.74, 6) is 1.68. The number of benzene rings is 1. The monoisotopic (exact) mass is 272 g/mol. The molecule has 4 aliphatic heterocycles. The molecule has 108 valence electrons. The molecule has 0 aromatic heterocycles. The minimum atomic E-state index is 0.240. The van der Waals surface area contributed by atoms with Crippen LogP contribution in [0.15, 0.2) is 24.3 Å². The molecular formula is C17H24N2O. The summed E-state index contributed by atoms with van der Waals surface area (Å²) in [6.07, 6.45) is 3.02. The van der Waals surface area contributed by atoms with E-state index in [9.17, 15) is 0 Å². The first kappa shape index (κ1) is 12.8. The Morgan fingerprint density at radius 3 is 2.40 bits per heavy atom. The van der Waals surface area contributed by atoms with Crippen molar-refractivity contribution in [3.8, 4) is 0 Å². The Morgan fingerprint density at radius 1 is 1.05 bits per heavy atom. The molecule has 4 aliphatic rings. The first-order valence-corrected chi connectivity index (χ1v) is 8.05. The van der Waals surface area contributed by atoms with Gasteiger partial charge in [0.25, 0.3) is 0 Å². The molecule has 0 amide bonds. The molecule has 2 unspecified atom stereocenters. The highest BCUT2D eigenvalue weighted by Crippen LogP contribution is 2.39. The number of rotatable bonds is 2. The van der Waals surface area contributed by atoms with Crippen LogP contribution in [0.3, 0.4) is 0 Å². The molecule has 0 spiro atoms. The second-order valence-electron chi connectivity index (χ2n) is 6.47. The number of hydrogen-bond donors (Lipinski definition) is 1. The van der Waals surface area contributed by atoms with Gasteiger partial charge >= 0.3 is 0 Å². The lowest BCUT2D eigenvalue weighted by molar-refractivity contribution is 0.0276. The van der Waals surface area contributed by atoms with E-state index >= 15 is 0 Å². The van der Waals surface area contributed by atoms with E-state index in [0.717, 1.165) is 31.5 Å². The van der Waals surface area contributed by atoms with Crippen LogP contribution >= 0.6 is 0 Å². The van der Waals surface area contributed by atoms with Crippen molar-refractivity contribution in [1.82, 2.24) is 10.2 Å². The Kier molecular flexibility index (Phi) is 3.51. The highest BCUT2D eigenvalue weighted by Gasteiger charge is 2.34. The van der Waals surface area contributed by atoms with E-state index in [4.69, 9.17) is 4.74 Å². The zero-order chi connectivity index (χ0) is 13.4. The number of hydrogen-bond acceptors (Lipinski definition) is 3. The Bertz CT molecular complexity index is 445. The summed E-state index contributed by atoms with van der Waals surface area (Å²) in [4.78, 5) is 2.63. The van der Waals surface area contributed by atoms with Crippen LogP contribution in [0.25, 0.3) is 0 Å². The van der Waals surface area contributed by atoms with Crippen molar-refractivity contribution < 1.29 is 4.74 Å². The van der Waals surface area contributed by atoms with Crippen LogP contribution in [0, 0.1) is 5.92 Å². The Morgan fingerprint density at radius 2 is 1.80 bits per heavy atom. The number of morpholine rings is 1. The van der Waals surface area contributed by atoms with E-state index in [1.165, 1.54) is 43.6 Å². The van der Waals surface area contributed by atoms with Gasteiger partial charge in [-0.25, -0.2) is 0 Å². The molecular weight excluding hydrogens is 248 g/mol. The summed E-state index contributed by atoms with van der Waals surface area (Å²) in [6.45, 7) is 6.66. The molecule has 2 atom stereocenters. The lowest BCUT2D eigenvalue weighted by atomic mass is 9.75. The number of nitrogens with zero attached hydrogens (tertiary/aromatic N) is 1. The average molecular weight is 272 g/mol. The molecule has 20 heavy (non-hydrogen) atoms. The van der Waals surface area contributed by atoms with Crippen LogP contribution in [-0.4, -0.2) is 44.2 Å². The molecule has 0 saturated carbocycles. The van der Waals surface area contributed by atoms with E-state index in [1.807, 2.05) is 0 Å². The first-order valence-electron chi connectivity index (χ1n) is 8.05. The standard InChI is InChI=1S/C17H24N2O/c1-3-15(17-11-18-7-10-20-17)4-2-13(1)16-12-19-8-5-14(16)6-9-19/h1-4,14,16-18H,5-12H2. The van der Waals surface area contributed by atoms with Crippen molar-refractivity contribution in [2.75, 3.05) is 39.3 Å². The molecule has 1 aromatic carbocycles. The molecule has 4 saturated heterocycles. The van der Waals surface area contributed by atoms with Crippen molar-refractivity contribution in [3.05, 3.63) is 35.4 Å². The highest BCUT2D eigenvalue weighted by atomic mass is 16.5. The molecule has 1 N–H and O–H groups in total. The first-order chi connectivity index (χ1) is 9.90. The van der Waals surface area contributed by atoms with Gasteiger partial charge in [-0.05, 0) is 48.9 Å². The van der Waals surface area contributed by atoms with Gasteiger partial charge in [0.1, 0.15) is 0 Å². The van der Waals surface area contributed by atoms with Crippen LogP contribution < -0.4 is 5.32 Å². The van der Waals surface area contributed by atoms with E-state index in [1.54, 1.807) is 0 Å². The number of ether oxygens (including phenoxy) is 1. The van der Waals surface area contributed by atoms with Gasteiger partial charge in [0.15, 0.2) is 0 Å². The molecule has 0 aliphatic carbocycles. The Balaban J connectivity index is 1.49. The lowest BCUT2D eigenvalue weighted by Gasteiger charge is -2.45. The third-order valence-electron chi connectivity index (χ3n) is 5.32. The highest BCUT2D eigenvalue weighted by molar-refractivity contribution is 5.29. The predicted molar refractivity (Wildman–Crippen MR) is 79.9 cm³/mol. The van der Waals surface area contributed by atoms with Crippen molar-refractivity contribution in [3.63, 3.8) is 0 Å². The van der Waals surface area contributed by atoms with Gasteiger partial charge in [-0.2, -0.15) is 0 Å². The number of fused-ring (bicyclic) bond motifs is 3. The smallest absolute Gasteiger partial charge is 0.0949 e. The third-order valence-corrected chi connectivity index (χ3v) is 5.32. The minimum absolute atomic E-state index is 0.240. The molecule has 4 heterocycles. The maximum atomic E-state index is 5.83. The van der Waals surface area contributed by atoms with Crippen LogP contribution in [0.5, 0.6) is 0 Å². The van der Waals surface area contributed by atoms with Gasteiger partial charge in [-0.1, -0.05) is 24.3 Å². The SMILES string of the molecule is c1cc(C2CN3CCC2CC3)ccc1C1CNCCO1. The van der Waals surface area contributed by atoms with Gasteiger partial charge in [-0.15, -0.1) is 0 Å². The summed E-state index contributed by atoms with van der Waals surface area (Å²) in [6, 6.07) is 9.26. The van der Waals surface area contributed by atoms with Crippen molar-refractivity contribution in [2.45, 2.75) is 24.9 Å². The average Bonchev–Trinajstić information content (AvgIpc) is 2.57. The summed E-state index contributed by atoms with van der Waals surface area (Å²) >= 11 is 0. The van der Waals surface area contributed by atoms with E-state index < -0.39 is 0 Å². The topological polar surface area (TPSA) is 24.5 Å². The largest absolute Gasteiger partial charge is 0.371 e. The zero-order valence-corrected chi connectivity index (χ0v) is 12.1. The molecule has 3 nitrogen and oxygen atoms in total. The normalized spacial score (nSPS) is 37.0. The fourth-order valence-corrected chi connectivity index (χ4v) is 4.08. The quantitative estimate of drug-likeness (QED) is 0.893. The number of nitrogens with one attached hydrogen (secondary N) is 1. The van der Waals surface area contributed by atoms with E-state index in [-0.39, 0.29) is 6.10 Å². The fourth-order valence-electron chi connectivity index (χ4n) is 4.08. The Hall–Kier alpha value is -0.900. The zero-order valence-electron chi connectivity index (χ0n) is 12.1. The van der Waals surface area contributed by atoms with E-state index in [2.05, 4.69) is 34.5 Å². The van der Waals surface area contributed by atoms with Crippen LogP contribution in [0.2, 0.25) is 0 Å². The fraction of sp³-hybridized carbons (Fsp3) is 0.647. The van der Waals surface area contributed by atoms with Gasteiger partial charge in [-0.3, -0.25) is 0 Å². The minimum Gasteiger partial charge on any atom is -0.371 e. The van der Waals surface area contributed by atoms with E-state index in [0.29, 0.717) is 0 Å². The van der Waals surface area contributed by atoms with Crippen molar-refractivity contribution in [2.24, 2.45) is 5.92 Å². The Labute approximate surface area is 121 Å². The van der Waals surface area contributed by atoms with Crippen LogP contribution in [0.1, 0.15) is 36.0 Å².